The lowest BCUT2D eigenvalue weighted by atomic mass is 10.4. The summed E-state index contributed by atoms with van der Waals surface area (Å²) >= 11 is 9.34. The Bertz CT molecular complexity index is 762. The zero-order chi connectivity index (χ0) is 15.0. The molecule has 0 amide bonds. The summed E-state index contributed by atoms with van der Waals surface area (Å²) in [6.45, 7) is 1.12. The number of hydrogen-bond donors (Lipinski definition) is 0. The standard InChI is InChI=1S/C12H14ClN3O2S3/c1-21(17,18)10-7-19-5-3-16(10)6-9-14-11(13)8-2-4-20-12(8)15-9/h2,4,10H,3,5-7H2,1H3. The molecule has 0 spiro atoms. The normalized spacial score (nSPS) is 21.0. The Morgan fingerprint density at radius 1 is 1.48 bits per heavy atom. The van der Waals surface area contributed by atoms with E-state index in [1.165, 1.54) is 17.6 Å². The van der Waals surface area contributed by atoms with Crippen LogP contribution in [0.3, 0.4) is 0 Å². The van der Waals surface area contributed by atoms with Crippen molar-refractivity contribution in [1.82, 2.24) is 14.9 Å². The number of thioether (sulfide) groups is 1. The molecule has 0 saturated carbocycles. The van der Waals surface area contributed by atoms with Crippen molar-refractivity contribution in [2.75, 3.05) is 24.3 Å². The van der Waals surface area contributed by atoms with E-state index in [2.05, 4.69) is 9.97 Å². The number of fused-ring (bicyclic) bond motifs is 1. The molecule has 5 nitrogen and oxygen atoms in total. The van der Waals surface area contributed by atoms with Crippen molar-refractivity contribution in [1.29, 1.82) is 0 Å². The van der Waals surface area contributed by atoms with Crippen LogP contribution < -0.4 is 0 Å². The van der Waals surface area contributed by atoms with Crippen molar-refractivity contribution < 1.29 is 8.42 Å². The van der Waals surface area contributed by atoms with Crippen LogP contribution in [0.1, 0.15) is 5.82 Å². The van der Waals surface area contributed by atoms with E-state index in [-0.39, 0.29) is 0 Å². The maximum atomic E-state index is 11.9. The number of nitrogens with zero attached hydrogens (tertiary/aromatic N) is 3. The lowest BCUT2D eigenvalue weighted by Gasteiger charge is -2.33. The molecule has 2 aromatic heterocycles. The molecule has 9 heteroatoms. The summed E-state index contributed by atoms with van der Waals surface area (Å²) in [4.78, 5) is 11.6. The van der Waals surface area contributed by atoms with Gasteiger partial charge in [-0.05, 0) is 11.4 Å². The molecule has 21 heavy (non-hydrogen) atoms. The predicted molar refractivity (Wildman–Crippen MR) is 88.8 cm³/mol. The van der Waals surface area contributed by atoms with Gasteiger partial charge in [-0.3, -0.25) is 4.90 Å². The minimum atomic E-state index is -3.12. The highest BCUT2D eigenvalue weighted by atomic mass is 35.5. The molecule has 1 unspecified atom stereocenters. The molecule has 3 heterocycles. The number of hydrogen-bond acceptors (Lipinski definition) is 7. The molecule has 0 aliphatic carbocycles. The number of thiophene rings is 1. The zero-order valence-electron chi connectivity index (χ0n) is 11.3. The zero-order valence-corrected chi connectivity index (χ0v) is 14.5. The van der Waals surface area contributed by atoms with Gasteiger partial charge in [-0.2, -0.15) is 11.8 Å². The SMILES string of the molecule is CS(=O)(=O)C1CSCCN1Cc1nc(Cl)c2ccsc2n1. The molecular formula is C12H14ClN3O2S3. The Hall–Kier alpha value is -0.410. The van der Waals surface area contributed by atoms with Crippen LogP contribution in [-0.4, -0.2) is 53.0 Å². The Balaban J connectivity index is 1.89. The van der Waals surface area contributed by atoms with Crippen molar-refractivity contribution in [3.63, 3.8) is 0 Å². The highest BCUT2D eigenvalue weighted by molar-refractivity contribution is 8.00. The first kappa shape index (κ1) is 15.5. The molecule has 0 aromatic carbocycles. The van der Waals surface area contributed by atoms with Crippen LogP contribution in [-0.2, 0) is 16.4 Å². The minimum absolute atomic E-state index is 0.409. The second-order valence-corrected chi connectivity index (χ2v) is 9.51. The molecule has 0 radical (unpaired) electrons. The summed E-state index contributed by atoms with van der Waals surface area (Å²) in [6.07, 6.45) is 1.28. The molecule has 1 fully saturated rings. The molecule has 1 aliphatic rings. The highest BCUT2D eigenvalue weighted by Crippen LogP contribution is 2.26. The van der Waals surface area contributed by atoms with Gasteiger partial charge in [0.1, 0.15) is 21.2 Å². The molecule has 3 rings (SSSR count). The Labute approximate surface area is 136 Å². The Morgan fingerprint density at radius 3 is 3.05 bits per heavy atom. The van der Waals surface area contributed by atoms with Crippen LogP contribution in [0.5, 0.6) is 0 Å². The van der Waals surface area contributed by atoms with E-state index >= 15 is 0 Å². The van der Waals surface area contributed by atoms with Crippen LogP contribution >= 0.6 is 34.7 Å². The monoisotopic (exact) mass is 363 g/mol. The quantitative estimate of drug-likeness (QED) is 0.779. The fraction of sp³-hybridized carbons (Fsp3) is 0.500. The lowest BCUT2D eigenvalue weighted by Crippen LogP contribution is -2.46. The van der Waals surface area contributed by atoms with Crippen LogP contribution in [0.2, 0.25) is 5.15 Å². The number of aromatic nitrogens is 2. The van der Waals surface area contributed by atoms with Crippen LogP contribution in [0.15, 0.2) is 11.4 Å². The molecule has 1 saturated heterocycles. The van der Waals surface area contributed by atoms with E-state index in [0.717, 1.165) is 16.0 Å². The van der Waals surface area contributed by atoms with E-state index in [1.807, 2.05) is 16.3 Å². The Kier molecular flexibility index (Phi) is 4.42. The fourth-order valence-electron chi connectivity index (χ4n) is 2.30. The second kappa shape index (κ2) is 6.00. The molecule has 0 bridgehead atoms. The molecule has 1 aliphatic heterocycles. The fourth-order valence-corrected chi connectivity index (χ4v) is 6.33. The van der Waals surface area contributed by atoms with Gasteiger partial charge in [0.25, 0.3) is 0 Å². The average molecular weight is 364 g/mol. The summed E-state index contributed by atoms with van der Waals surface area (Å²) in [5, 5.41) is 2.72. The third-order valence-corrected chi connectivity index (χ3v) is 7.14. The van der Waals surface area contributed by atoms with Gasteiger partial charge in [-0.1, -0.05) is 11.6 Å². The number of rotatable bonds is 3. The smallest absolute Gasteiger partial charge is 0.164 e. The maximum absolute atomic E-state index is 11.9. The van der Waals surface area contributed by atoms with E-state index in [9.17, 15) is 8.42 Å². The topological polar surface area (TPSA) is 63.2 Å². The molecule has 0 N–H and O–H groups in total. The van der Waals surface area contributed by atoms with E-state index in [1.54, 1.807) is 11.8 Å². The van der Waals surface area contributed by atoms with E-state index in [4.69, 9.17) is 11.6 Å². The summed E-state index contributed by atoms with van der Waals surface area (Å²) in [6, 6.07) is 1.89. The van der Waals surface area contributed by atoms with Gasteiger partial charge in [0, 0.05) is 29.7 Å². The van der Waals surface area contributed by atoms with E-state index in [0.29, 0.717) is 29.8 Å². The summed E-state index contributed by atoms with van der Waals surface area (Å²) < 4.78 is 23.8. The number of sulfone groups is 1. The molecule has 114 valence electrons. The van der Waals surface area contributed by atoms with Gasteiger partial charge in [-0.15, -0.1) is 11.3 Å². The van der Waals surface area contributed by atoms with E-state index < -0.39 is 15.2 Å². The third-order valence-electron chi connectivity index (χ3n) is 3.35. The highest BCUT2D eigenvalue weighted by Gasteiger charge is 2.31. The molecule has 1 atom stereocenters. The van der Waals surface area contributed by atoms with Gasteiger partial charge < -0.3 is 0 Å². The van der Waals surface area contributed by atoms with Crippen molar-refractivity contribution in [2.24, 2.45) is 0 Å². The van der Waals surface area contributed by atoms with Crippen LogP contribution in [0.25, 0.3) is 10.2 Å². The average Bonchev–Trinajstić information content (AvgIpc) is 2.87. The van der Waals surface area contributed by atoms with Gasteiger partial charge >= 0.3 is 0 Å². The minimum Gasteiger partial charge on any atom is -0.278 e. The summed E-state index contributed by atoms with van der Waals surface area (Å²) in [5.74, 6) is 2.09. The first-order chi connectivity index (χ1) is 9.95. The molecular weight excluding hydrogens is 350 g/mol. The summed E-state index contributed by atoms with van der Waals surface area (Å²) in [5.41, 5.74) is 0. The first-order valence-corrected chi connectivity index (χ1v) is 10.7. The van der Waals surface area contributed by atoms with Gasteiger partial charge in [-0.25, -0.2) is 18.4 Å². The van der Waals surface area contributed by atoms with Crippen LogP contribution in [0.4, 0.5) is 0 Å². The second-order valence-electron chi connectivity index (χ2n) is 4.90. The third kappa shape index (κ3) is 3.34. The van der Waals surface area contributed by atoms with Gasteiger partial charge in [0.15, 0.2) is 9.84 Å². The van der Waals surface area contributed by atoms with Crippen molar-refractivity contribution >= 4 is 54.8 Å². The van der Waals surface area contributed by atoms with Gasteiger partial charge in [0.2, 0.25) is 0 Å². The van der Waals surface area contributed by atoms with Crippen molar-refractivity contribution in [3.05, 3.63) is 22.4 Å². The van der Waals surface area contributed by atoms with Gasteiger partial charge in [0.05, 0.1) is 6.54 Å². The molecule has 2 aromatic rings. The van der Waals surface area contributed by atoms with Crippen LogP contribution in [0, 0.1) is 0 Å². The van der Waals surface area contributed by atoms with Crippen molar-refractivity contribution in [2.45, 2.75) is 11.9 Å². The lowest BCUT2D eigenvalue weighted by molar-refractivity contribution is 0.256. The maximum Gasteiger partial charge on any atom is 0.164 e. The first-order valence-electron chi connectivity index (χ1n) is 6.35. The Morgan fingerprint density at radius 2 is 2.29 bits per heavy atom. The number of halogens is 1. The summed E-state index contributed by atoms with van der Waals surface area (Å²) in [7, 11) is -3.12. The largest absolute Gasteiger partial charge is 0.278 e. The predicted octanol–water partition coefficient (Wildman–Crippen LogP) is 2.26. The van der Waals surface area contributed by atoms with Crippen molar-refractivity contribution in [3.8, 4) is 0 Å².